The number of carbonyl (C=O) groups excluding carboxylic acids is 1. The summed E-state index contributed by atoms with van der Waals surface area (Å²) in [5, 5.41) is 5.78. The molecule has 1 aliphatic rings. The number of nitrogens with one attached hydrogen (secondary N) is 1. The molecule has 1 unspecified atom stereocenters. The molecule has 0 saturated carbocycles. The van der Waals surface area contributed by atoms with Gasteiger partial charge in [0.2, 0.25) is 5.91 Å². The van der Waals surface area contributed by atoms with Crippen molar-refractivity contribution >= 4 is 17.2 Å². The summed E-state index contributed by atoms with van der Waals surface area (Å²) in [6, 6.07) is 12.8. The minimum Gasteiger partial charge on any atom is -0.341 e. The molecule has 0 radical (unpaired) electrons. The lowest BCUT2D eigenvalue weighted by Crippen LogP contribution is -2.35. The summed E-state index contributed by atoms with van der Waals surface area (Å²) < 4.78 is 0. The number of likely N-dealkylation sites (tertiary alicyclic amines) is 1. The normalized spacial score (nSPS) is 16.2. The fourth-order valence-electron chi connectivity index (χ4n) is 2.89. The van der Waals surface area contributed by atoms with Gasteiger partial charge in [0.1, 0.15) is 0 Å². The van der Waals surface area contributed by atoms with Crippen molar-refractivity contribution in [2.45, 2.75) is 32.4 Å². The average Bonchev–Trinajstić information content (AvgIpc) is 3.13. The van der Waals surface area contributed by atoms with Crippen LogP contribution < -0.4 is 5.32 Å². The second-order valence-corrected chi connectivity index (χ2v) is 6.81. The fourth-order valence-corrected chi connectivity index (χ4v) is 3.75. The Morgan fingerprint density at radius 2 is 2.09 bits per heavy atom. The molecule has 2 aromatic rings. The summed E-state index contributed by atoms with van der Waals surface area (Å²) >= 11 is 1.79. The first-order valence-corrected chi connectivity index (χ1v) is 8.71. The largest absolute Gasteiger partial charge is 0.341 e. The SMILES string of the molecule is Cc1ccsc1CNC(CN1CCCC1=O)c1ccccc1. The molecule has 3 rings (SSSR count). The Bertz CT molecular complexity index is 623. The van der Waals surface area contributed by atoms with Gasteiger partial charge in [-0.2, -0.15) is 0 Å². The van der Waals surface area contributed by atoms with Gasteiger partial charge in [0, 0.05) is 30.9 Å². The van der Waals surface area contributed by atoms with Crippen molar-refractivity contribution in [3.8, 4) is 0 Å². The Hall–Kier alpha value is -1.65. The van der Waals surface area contributed by atoms with E-state index in [1.54, 1.807) is 11.3 Å². The van der Waals surface area contributed by atoms with Gasteiger partial charge >= 0.3 is 0 Å². The van der Waals surface area contributed by atoms with Gasteiger partial charge in [-0.3, -0.25) is 4.79 Å². The number of thiophene rings is 1. The first-order chi connectivity index (χ1) is 10.7. The Kier molecular flexibility index (Phi) is 4.90. The molecular weight excluding hydrogens is 292 g/mol. The molecule has 1 aliphatic heterocycles. The highest BCUT2D eigenvalue weighted by molar-refractivity contribution is 7.10. The summed E-state index contributed by atoms with van der Waals surface area (Å²) in [5.74, 6) is 0.287. The highest BCUT2D eigenvalue weighted by Crippen LogP contribution is 2.21. The number of aryl methyl sites for hydroxylation is 1. The third kappa shape index (κ3) is 3.57. The van der Waals surface area contributed by atoms with Crippen LogP contribution in [0.25, 0.3) is 0 Å². The van der Waals surface area contributed by atoms with Gasteiger partial charge in [-0.15, -0.1) is 11.3 Å². The number of benzene rings is 1. The van der Waals surface area contributed by atoms with Crippen LogP contribution in [0.15, 0.2) is 41.8 Å². The van der Waals surface area contributed by atoms with Crippen molar-refractivity contribution in [3.05, 3.63) is 57.8 Å². The number of amides is 1. The van der Waals surface area contributed by atoms with E-state index in [-0.39, 0.29) is 11.9 Å². The smallest absolute Gasteiger partial charge is 0.222 e. The molecule has 0 aliphatic carbocycles. The van der Waals surface area contributed by atoms with Crippen LogP contribution in [0.5, 0.6) is 0 Å². The van der Waals surface area contributed by atoms with Gasteiger partial charge in [-0.1, -0.05) is 30.3 Å². The minimum absolute atomic E-state index is 0.185. The van der Waals surface area contributed by atoms with Gasteiger partial charge in [-0.05, 0) is 35.9 Å². The highest BCUT2D eigenvalue weighted by Gasteiger charge is 2.24. The van der Waals surface area contributed by atoms with Crippen molar-refractivity contribution in [2.24, 2.45) is 0 Å². The Balaban J connectivity index is 1.71. The van der Waals surface area contributed by atoms with Gasteiger partial charge in [0.05, 0.1) is 6.04 Å². The second kappa shape index (κ2) is 7.07. The molecule has 1 aromatic heterocycles. The van der Waals surface area contributed by atoms with Crippen LogP contribution in [0.3, 0.4) is 0 Å². The van der Waals surface area contributed by atoms with Crippen molar-refractivity contribution in [1.82, 2.24) is 10.2 Å². The van der Waals surface area contributed by atoms with Crippen LogP contribution in [0.2, 0.25) is 0 Å². The van der Waals surface area contributed by atoms with Crippen molar-refractivity contribution < 1.29 is 4.79 Å². The standard InChI is InChI=1S/C18H22N2OS/c1-14-9-11-22-17(14)12-19-16(15-6-3-2-4-7-15)13-20-10-5-8-18(20)21/h2-4,6-7,9,11,16,19H,5,8,10,12-13H2,1H3. The molecule has 1 N–H and O–H groups in total. The van der Waals surface area contributed by atoms with Crippen molar-refractivity contribution in [3.63, 3.8) is 0 Å². The molecule has 1 aromatic carbocycles. The first-order valence-electron chi connectivity index (χ1n) is 7.83. The van der Waals surface area contributed by atoms with E-state index >= 15 is 0 Å². The first kappa shape index (κ1) is 15.3. The van der Waals surface area contributed by atoms with Crippen LogP contribution in [0, 0.1) is 6.92 Å². The van der Waals surface area contributed by atoms with E-state index in [0.717, 1.165) is 26.1 Å². The summed E-state index contributed by atoms with van der Waals surface area (Å²) in [6.45, 7) is 4.65. The average molecular weight is 314 g/mol. The lowest BCUT2D eigenvalue weighted by molar-refractivity contribution is -0.128. The summed E-state index contributed by atoms with van der Waals surface area (Å²) in [6.07, 6.45) is 1.69. The van der Waals surface area contributed by atoms with Crippen LogP contribution in [-0.4, -0.2) is 23.9 Å². The molecule has 2 heterocycles. The van der Waals surface area contributed by atoms with Gasteiger partial charge in [0.15, 0.2) is 0 Å². The number of carbonyl (C=O) groups is 1. The zero-order chi connectivity index (χ0) is 15.4. The summed E-state index contributed by atoms with van der Waals surface area (Å²) in [7, 11) is 0. The van der Waals surface area contributed by atoms with E-state index in [1.165, 1.54) is 16.0 Å². The summed E-state index contributed by atoms with van der Waals surface area (Å²) in [4.78, 5) is 15.3. The van der Waals surface area contributed by atoms with Gasteiger partial charge in [-0.25, -0.2) is 0 Å². The van der Waals surface area contributed by atoms with Crippen molar-refractivity contribution in [1.29, 1.82) is 0 Å². The molecule has 0 spiro atoms. The zero-order valence-corrected chi connectivity index (χ0v) is 13.7. The lowest BCUT2D eigenvalue weighted by Gasteiger charge is -2.25. The van der Waals surface area contributed by atoms with Gasteiger partial charge in [0.25, 0.3) is 0 Å². The van der Waals surface area contributed by atoms with E-state index in [0.29, 0.717) is 6.42 Å². The Labute approximate surface area is 136 Å². The van der Waals surface area contributed by atoms with E-state index < -0.39 is 0 Å². The summed E-state index contributed by atoms with van der Waals surface area (Å²) in [5.41, 5.74) is 2.58. The fraction of sp³-hybridized carbons (Fsp3) is 0.389. The second-order valence-electron chi connectivity index (χ2n) is 5.81. The molecule has 1 fully saturated rings. The predicted molar refractivity (Wildman–Crippen MR) is 90.9 cm³/mol. The number of rotatable bonds is 6. The van der Waals surface area contributed by atoms with Crippen molar-refractivity contribution in [2.75, 3.05) is 13.1 Å². The molecule has 1 atom stereocenters. The predicted octanol–water partition coefficient (Wildman–Crippen LogP) is 3.51. The molecule has 1 saturated heterocycles. The topological polar surface area (TPSA) is 32.3 Å². The Morgan fingerprint density at radius 3 is 2.73 bits per heavy atom. The molecule has 116 valence electrons. The maximum Gasteiger partial charge on any atom is 0.222 e. The molecule has 3 nitrogen and oxygen atoms in total. The van der Waals surface area contributed by atoms with E-state index in [9.17, 15) is 4.79 Å². The van der Waals surface area contributed by atoms with E-state index in [4.69, 9.17) is 0 Å². The monoisotopic (exact) mass is 314 g/mol. The number of hydrogen-bond acceptors (Lipinski definition) is 3. The maximum absolute atomic E-state index is 11.9. The minimum atomic E-state index is 0.185. The third-order valence-electron chi connectivity index (χ3n) is 4.25. The maximum atomic E-state index is 11.9. The quantitative estimate of drug-likeness (QED) is 0.885. The van der Waals surface area contributed by atoms with Crippen LogP contribution in [0.4, 0.5) is 0 Å². The number of nitrogens with zero attached hydrogens (tertiary/aromatic N) is 1. The van der Waals surface area contributed by atoms with E-state index in [1.807, 2.05) is 11.0 Å². The van der Waals surface area contributed by atoms with Crippen LogP contribution in [-0.2, 0) is 11.3 Å². The Morgan fingerprint density at radius 1 is 1.27 bits per heavy atom. The molecule has 4 heteroatoms. The molecule has 1 amide bonds. The molecule has 0 bridgehead atoms. The van der Waals surface area contributed by atoms with Gasteiger partial charge < -0.3 is 10.2 Å². The lowest BCUT2D eigenvalue weighted by atomic mass is 10.1. The molecular formula is C18H22N2OS. The van der Waals surface area contributed by atoms with E-state index in [2.05, 4.69) is 48.0 Å². The molecule has 22 heavy (non-hydrogen) atoms. The van der Waals surface area contributed by atoms with Crippen LogP contribution >= 0.6 is 11.3 Å². The number of hydrogen-bond donors (Lipinski definition) is 1. The third-order valence-corrected chi connectivity index (χ3v) is 5.28. The van der Waals surface area contributed by atoms with Crippen LogP contribution in [0.1, 0.15) is 34.9 Å². The highest BCUT2D eigenvalue weighted by atomic mass is 32.1. The zero-order valence-electron chi connectivity index (χ0n) is 12.9.